The number of aromatic amines is 1. The fraction of sp³-hybridized carbons (Fsp3) is 0.167. The molecule has 0 unspecified atom stereocenters. The molecule has 132 valence electrons. The first-order valence-corrected chi connectivity index (χ1v) is 8.94. The summed E-state index contributed by atoms with van der Waals surface area (Å²) in [4.78, 5) is 12.1. The van der Waals surface area contributed by atoms with Gasteiger partial charge >= 0.3 is 0 Å². The number of H-pyrrole nitrogens is 1. The number of fused-ring (bicyclic) bond motifs is 1. The smallest absolute Gasteiger partial charge is 0.237 e. The summed E-state index contributed by atoms with van der Waals surface area (Å²) in [6, 6.07) is 15.2. The molecule has 0 atom stereocenters. The molecule has 0 spiro atoms. The molecule has 0 amide bonds. The van der Waals surface area contributed by atoms with Crippen LogP contribution in [0, 0.1) is 0 Å². The monoisotopic (exact) mass is 368 g/mol. The second kappa shape index (κ2) is 7.49. The van der Waals surface area contributed by atoms with Gasteiger partial charge in [0.1, 0.15) is 11.5 Å². The van der Waals surface area contributed by atoms with E-state index in [1.165, 1.54) is 11.8 Å². The fourth-order valence-electron chi connectivity index (χ4n) is 2.36. The van der Waals surface area contributed by atoms with Crippen LogP contribution >= 0.6 is 11.8 Å². The molecule has 26 heavy (non-hydrogen) atoms. The molecule has 4 rings (SSSR count). The highest BCUT2D eigenvalue weighted by Gasteiger charge is 2.10. The summed E-state index contributed by atoms with van der Waals surface area (Å²) in [7, 11) is 1.63. The van der Waals surface area contributed by atoms with Gasteiger partial charge in [-0.15, -0.1) is 0 Å². The minimum absolute atomic E-state index is 0.241. The van der Waals surface area contributed by atoms with Crippen molar-refractivity contribution < 1.29 is 14.0 Å². The third-order valence-electron chi connectivity index (χ3n) is 3.64. The van der Waals surface area contributed by atoms with Crippen LogP contribution in [0.5, 0.6) is 11.5 Å². The number of para-hydroxylation sites is 2. The summed E-state index contributed by atoms with van der Waals surface area (Å²) in [5, 5.41) is 4.76. The van der Waals surface area contributed by atoms with Gasteiger partial charge in [0.05, 0.1) is 23.9 Å². The molecule has 2 aromatic heterocycles. The molecule has 1 N–H and O–H groups in total. The van der Waals surface area contributed by atoms with Gasteiger partial charge < -0.3 is 19.0 Å². The van der Waals surface area contributed by atoms with Crippen molar-refractivity contribution in [2.45, 2.75) is 17.5 Å². The first-order chi connectivity index (χ1) is 12.8. The van der Waals surface area contributed by atoms with Crippen LogP contribution in [0.25, 0.3) is 11.0 Å². The van der Waals surface area contributed by atoms with Crippen molar-refractivity contribution in [2.24, 2.45) is 0 Å². The van der Waals surface area contributed by atoms with E-state index < -0.39 is 0 Å². The van der Waals surface area contributed by atoms with E-state index in [0.717, 1.165) is 21.9 Å². The molecule has 0 aliphatic carbocycles. The van der Waals surface area contributed by atoms with Crippen LogP contribution in [-0.4, -0.2) is 27.2 Å². The van der Waals surface area contributed by atoms with Gasteiger partial charge in [-0.25, -0.2) is 4.98 Å². The molecule has 8 heteroatoms. The number of nitrogens with one attached hydrogen (secondary N) is 1. The Bertz CT molecular complexity index is 964. The van der Waals surface area contributed by atoms with E-state index in [0.29, 0.717) is 23.2 Å². The first kappa shape index (κ1) is 16.5. The maximum Gasteiger partial charge on any atom is 0.237 e. The second-order valence-corrected chi connectivity index (χ2v) is 6.38. The highest BCUT2D eigenvalue weighted by molar-refractivity contribution is 7.98. The average Bonchev–Trinajstić information content (AvgIpc) is 3.31. The van der Waals surface area contributed by atoms with Gasteiger partial charge in [-0.3, -0.25) is 0 Å². The van der Waals surface area contributed by atoms with E-state index in [1.807, 2.05) is 48.5 Å². The number of ether oxygens (including phenoxy) is 2. The molecule has 4 aromatic rings. The van der Waals surface area contributed by atoms with E-state index in [2.05, 4.69) is 20.1 Å². The number of benzene rings is 2. The lowest BCUT2D eigenvalue weighted by atomic mass is 10.3. The Morgan fingerprint density at radius 1 is 1.04 bits per heavy atom. The van der Waals surface area contributed by atoms with Crippen LogP contribution in [0.4, 0.5) is 0 Å². The molecular weight excluding hydrogens is 352 g/mol. The molecule has 2 aromatic carbocycles. The first-order valence-electron chi connectivity index (χ1n) is 7.96. The van der Waals surface area contributed by atoms with Crippen molar-refractivity contribution in [1.82, 2.24) is 20.1 Å². The van der Waals surface area contributed by atoms with Gasteiger partial charge in [-0.05, 0) is 36.4 Å². The summed E-state index contributed by atoms with van der Waals surface area (Å²) in [6.45, 7) is 0.241. The average molecular weight is 368 g/mol. The largest absolute Gasteiger partial charge is 0.497 e. The predicted octanol–water partition coefficient (Wildman–Crippen LogP) is 3.83. The third kappa shape index (κ3) is 3.80. The Morgan fingerprint density at radius 2 is 1.85 bits per heavy atom. The molecule has 7 nitrogen and oxygen atoms in total. The lowest BCUT2D eigenvalue weighted by Gasteiger charge is -2.04. The Hall–Kier alpha value is -3.00. The maximum atomic E-state index is 5.64. The molecule has 0 fully saturated rings. The zero-order valence-electron chi connectivity index (χ0n) is 14.0. The van der Waals surface area contributed by atoms with Gasteiger partial charge in [-0.1, -0.05) is 29.1 Å². The summed E-state index contributed by atoms with van der Waals surface area (Å²) in [5.41, 5.74) is 1.95. The van der Waals surface area contributed by atoms with Gasteiger partial charge in [-0.2, -0.15) is 4.98 Å². The van der Waals surface area contributed by atoms with E-state index in [9.17, 15) is 0 Å². The van der Waals surface area contributed by atoms with E-state index in [-0.39, 0.29) is 6.61 Å². The van der Waals surface area contributed by atoms with Crippen molar-refractivity contribution in [3.63, 3.8) is 0 Å². The number of nitrogens with zero attached hydrogens (tertiary/aromatic N) is 3. The minimum Gasteiger partial charge on any atom is -0.497 e. The van der Waals surface area contributed by atoms with Crippen molar-refractivity contribution >= 4 is 22.8 Å². The number of imidazole rings is 1. The number of thioether (sulfide) groups is 1. The van der Waals surface area contributed by atoms with Crippen LogP contribution < -0.4 is 9.47 Å². The predicted molar refractivity (Wildman–Crippen MR) is 97.3 cm³/mol. The van der Waals surface area contributed by atoms with Crippen LogP contribution in [0.3, 0.4) is 0 Å². The topological polar surface area (TPSA) is 86.1 Å². The highest BCUT2D eigenvalue weighted by atomic mass is 32.2. The van der Waals surface area contributed by atoms with Gasteiger partial charge in [0.15, 0.2) is 11.8 Å². The summed E-state index contributed by atoms with van der Waals surface area (Å²) >= 11 is 1.51. The Kier molecular flexibility index (Phi) is 4.74. The van der Waals surface area contributed by atoms with Crippen LogP contribution in [0.1, 0.15) is 11.7 Å². The molecule has 2 heterocycles. The Morgan fingerprint density at radius 3 is 2.65 bits per heavy atom. The van der Waals surface area contributed by atoms with Gasteiger partial charge in [0.25, 0.3) is 0 Å². The van der Waals surface area contributed by atoms with E-state index in [1.54, 1.807) is 7.11 Å². The summed E-state index contributed by atoms with van der Waals surface area (Å²) in [6.07, 6.45) is 0. The SMILES string of the molecule is COc1ccc(OCc2noc(CSc3nc4ccccc4[nH]3)n2)cc1. The Balaban J connectivity index is 1.32. The van der Waals surface area contributed by atoms with Gasteiger partial charge in [0.2, 0.25) is 11.7 Å². The van der Waals surface area contributed by atoms with E-state index >= 15 is 0 Å². The zero-order chi connectivity index (χ0) is 17.8. The summed E-state index contributed by atoms with van der Waals surface area (Å²) < 4.78 is 16.0. The van der Waals surface area contributed by atoms with Gasteiger partial charge in [0, 0.05) is 0 Å². The Labute approximate surface area is 153 Å². The van der Waals surface area contributed by atoms with E-state index in [4.69, 9.17) is 14.0 Å². The third-order valence-corrected chi connectivity index (χ3v) is 4.50. The fourth-order valence-corrected chi connectivity index (χ4v) is 3.08. The molecular formula is C18H16N4O3S. The standard InChI is InChI=1S/C18H16N4O3S/c1-23-12-6-8-13(9-7-12)24-10-16-21-17(25-22-16)11-26-18-19-14-4-2-3-5-15(14)20-18/h2-9H,10-11H2,1H3,(H,19,20). The lowest BCUT2D eigenvalue weighted by Crippen LogP contribution is -1.97. The normalized spacial score (nSPS) is 11.0. The molecule has 0 bridgehead atoms. The molecule has 0 aliphatic heterocycles. The molecule has 0 aliphatic rings. The van der Waals surface area contributed by atoms with Crippen LogP contribution in [-0.2, 0) is 12.4 Å². The number of hydrogen-bond acceptors (Lipinski definition) is 7. The van der Waals surface area contributed by atoms with Crippen molar-refractivity contribution in [3.8, 4) is 11.5 Å². The number of hydrogen-bond donors (Lipinski definition) is 1. The van der Waals surface area contributed by atoms with Crippen molar-refractivity contribution in [1.29, 1.82) is 0 Å². The molecule has 0 radical (unpaired) electrons. The number of methoxy groups -OCH3 is 1. The number of aromatic nitrogens is 4. The minimum atomic E-state index is 0.241. The molecule has 0 saturated heterocycles. The van der Waals surface area contributed by atoms with Crippen LogP contribution in [0.2, 0.25) is 0 Å². The summed E-state index contributed by atoms with van der Waals surface area (Å²) in [5.74, 6) is 3.07. The molecule has 0 saturated carbocycles. The second-order valence-electron chi connectivity index (χ2n) is 5.42. The number of rotatable bonds is 7. The van der Waals surface area contributed by atoms with Crippen molar-refractivity contribution in [2.75, 3.05) is 7.11 Å². The van der Waals surface area contributed by atoms with Crippen molar-refractivity contribution in [3.05, 3.63) is 60.2 Å². The lowest BCUT2D eigenvalue weighted by molar-refractivity contribution is 0.285. The highest BCUT2D eigenvalue weighted by Crippen LogP contribution is 2.22. The quantitative estimate of drug-likeness (QED) is 0.496. The zero-order valence-corrected chi connectivity index (χ0v) is 14.8. The van der Waals surface area contributed by atoms with Crippen LogP contribution in [0.15, 0.2) is 58.2 Å². The maximum absolute atomic E-state index is 5.64.